The minimum absolute atomic E-state index is 0.0378. The number of amides is 1. The molecule has 2 aromatic rings. The second kappa shape index (κ2) is 5.68. The molecular weight excluding hydrogens is 265 g/mol. The average molecular weight is 283 g/mol. The lowest BCUT2D eigenvalue weighted by Gasteiger charge is -2.29. The van der Waals surface area contributed by atoms with Crippen LogP contribution in [0.5, 0.6) is 0 Å². The highest BCUT2D eigenvalue weighted by molar-refractivity contribution is 5.96. The van der Waals surface area contributed by atoms with E-state index in [1.165, 1.54) is 12.1 Å². The van der Waals surface area contributed by atoms with Gasteiger partial charge in [0.1, 0.15) is 5.82 Å². The normalized spacial score (nSPS) is 13.9. The highest BCUT2D eigenvalue weighted by Crippen LogP contribution is 2.28. The molecule has 0 radical (unpaired) electrons. The van der Waals surface area contributed by atoms with Gasteiger partial charge in [0.2, 0.25) is 5.91 Å². The molecule has 1 aliphatic heterocycles. The zero-order valence-electron chi connectivity index (χ0n) is 12.1. The first kappa shape index (κ1) is 13.8. The molecule has 0 saturated heterocycles. The average Bonchev–Trinajstić information content (AvgIpc) is 2.49. The molecule has 0 spiro atoms. The Kier molecular flexibility index (Phi) is 3.74. The first-order chi connectivity index (χ1) is 10.1. The van der Waals surface area contributed by atoms with Crippen LogP contribution in [0.4, 0.5) is 10.1 Å². The molecule has 0 N–H and O–H groups in total. The van der Waals surface area contributed by atoms with Gasteiger partial charge in [-0.3, -0.25) is 4.79 Å². The number of hydrogen-bond donors (Lipinski definition) is 0. The van der Waals surface area contributed by atoms with Crippen molar-refractivity contribution in [2.24, 2.45) is 0 Å². The van der Waals surface area contributed by atoms with Gasteiger partial charge in [-0.1, -0.05) is 30.3 Å². The van der Waals surface area contributed by atoms with Crippen LogP contribution >= 0.6 is 0 Å². The molecule has 3 heteroatoms. The molecule has 0 fully saturated rings. The Hall–Kier alpha value is -2.16. The smallest absolute Gasteiger partial charge is 0.231 e. The lowest BCUT2D eigenvalue weighted by Crippen LogP contribution is -2.36. The number of rotatable bonds is 2. The highest BCUT2D eigenvalue weighted by atomic mass is 19.1. The molecule has 108 valence electrons. The number of hydrogen-bond acceptors (Lipinski definition) is 1. The molecule has 21 heavy (non-hydrogen) atoms. The lowest BCUT2D eigenvalue weighted by atomic mass is 9.99. The summed E-state index contributed by atoms with van der Waals surface area (Å²) in [6.07, 6.45) is 2.20. The molecule has 0 aliphatic carbocycles. The molecule has 2 aromatic carbocycles. The Balaban J connectivity index is 1.87. The first-order valence-electron chi connectivity index (χ1n) is 7.28. The number of carbonyl (C=O) groups excluding carboxylic acids is 1. The standard InChI is InChI=1S/C18H18FNO/c1-13-5-2-3-6-15(13)11-18(21)20-10-4-7-14-8-9-16(19)12-17(14)20/h2-3,5-6,8-9,12H,4,7,10-11H2,1H3. The fourth-order valence-corrected chi connectivity index (χ4v) is 2.87. The predicted octanol–water partition coefficient (Wildman–Crippen LogP) is 3.66. The van der Waals surface area contributed by atoms with Crippen molar-refractivity contribution < 1.29 is 9.18 Å². The van der Waals surface area contributed by atoms with Crippen LogP contribution in [0.3, 0.4) is 0 Å². The van der Waals surface area contributed by atoms with Gasteiger partial charge in [0.05, 0.1) is 6.42 Å². The monoisotopic (exact) mass is 283 g/mol. The molecule has 3 rings (SSSR count). The predicted molar refractivity (Wildman–Crippen MR) is 82.0 cm³/mol. The van der Waals surface area contributed by atoms with Crippen LogP contribution in [0.15, 0.2) is 42.5 Å². The molecule has 1 amide bonds. The summed E-state index contributed by atoms with van der Waals surface area (Å²) in [5, 5.41) is 0. The molecule has 0 bridgehead atoms. The van der Waals surface area contributed by atoms with Crippen molar-refractivity contribution in [2.45, 2.75) is 26.2 Å². The number of fused-ring (bicyclic) bond motifs is 1. The van der Waals surface area contributed by atoms with Gasteiger partial charge < -0.3 is 4.90 Å². The minimum Gasteiger partial charge on any atom is -0.312 e. The van der Waals surface area contributed by atoms with Crippen LogP contribution < -0.4 is 4.90 Å². The number of carbonyl (C=O) groups is 1. The Bertz CT molecular complexity index is 681. The molecule has 0 unspecified atom stereocenters. The van der Waals surface area contributed by atoms with E-state index in [1.54, 1.807) is 11.0 Å². The Morgan fingerprint density at radius 2 is 2.05 bits per heavy atom. The number of aryl methyl sites for hydroxylation is 2. The van der Waals surface area contributed by atoms with Gasteiger partial charge >= 0.3 is 0 Å². The third kappa shape index (κ3) is 2.82. The summed E-state index contributed by atoms with van der Waals surface area (Å²) in [5.41, 5.74) is 3.94. The highest BCUT2D eigenvalue weighted by Gasteiger charge is 2.23. The van der Waals surface area contributed by atoms with Gasteiger partial charge in [-0.2, -0.15) is 0 Å². The van der Waals surface area contributed by atoms with E-state index < -0.39 is 0 Å². The van der Waals surface area contributed by atoms with Crippen molar-refractivity contribution in [1.82, 2.24) is 0 Å². The molecular formula is C18H18FNO. The summed E-state index contributed by atoms with van der Waals surface area (Å²) in [4.78, 5) is 14.3. The third-order valence-electron chi connectivity index (χ3n) is 4.07. The van der Waals surface area contributed by atoms with E-state index in [4.69, 9.17) is 0 Å². The molecule has 0 saturated carbocycles. The number of benzene rings is 2. The molecule has 0 aromatic heterocycles. The van der Waals surface area contributed by atoms with E-state index in [1.807, 2.05) is 31.2 Å². The zero-order valence-corrected chi connectivity index (χ0v) is 12.1. The van der Waals surface area contributed by atoms with E-state index in [-0.39, 0.29) is 11.7 Å². The second-order valence-electron chi connectivity index (χ2n) is 5.53. The summed E-state index contributed by atoms with van der Waals surface area (Å²) in [6, 6.07) is 12.6. The van der Waals surface area contributed by atoms with Crippen LogP contribution in [0.2, 0.25) is 0 Å². The van der Waals surface area contributed by atoms with Crippen molar-refractivity contribution in [1.29, 1.82) is 0 Å². The van der Waals surface area contributed by atoms with Gasteiger partial charge in [-0.05, 0) is 48.6 Å². The quantitative estimate of drug-likeness (QED) is 0.823. The summed E-state index contributed by atoms with van der Waals surface area (Å²) in [5.74, 6) is -0.250. The van der Waals surface area contributed by atoms with Crippen LogP contribution in [-0.2, 0) is 17.6 Å². The molecule has 1 heterocycles. The fraction of sp³-hybridized carbons (Fsp3) is 0.278. The van der Waals surface area contributed by atoms with Crippen LogP contribution in [0, 0.1) is 12.7 Å². The van der Waals surface area contributed by atoms with Crippen molar-refractivity contribution >= 4 is 11.6 Å². The topological polar surface area (TPSA) is 20.3 Å². The van der Waals surface area contributed by atoms with Gasteiger partial charge in [0.15, 0.2) is 0 Å². The maximum Gasteiger partial charge on any atom is 0.231 e. The van der Waals surface area contributed by atoms with Crippen molar-refractivity contribution in [3.63, 3.8) is 0 Å². The summed E-state index contributed by atoms with van der Waals surface area (Å²) in [7, 11) is 0. The van der Waals surface area contributed by atoms with E-state index in [0.717, 1.165) is 35.2 Å². The van der Waals surface area contributed by atoms with Gasteiger partial charge in [0, 0.05) is 12.2 Å². The van der Waals surface area contributed by atoms with E-state index in [0.29, 0.717) is 13.0 Å². The number of halogens is 1. The minimum atomic E-state index is -0.288. The maximum atomic E-state index is 13.5. The maximum absolute atomic E-state index is 13.5. The summed E-state index contributed by atoms with van der Waals surface area (Å²) >= 11 is 0. The SMILES string of the molecule is Cc1ccccc1CC(=O)N1CCCc2ccc(F)cc21. The van der Waals surface area contributed by atoms with Crippen LogP contribution in [0.1, 0.15) is 23.1 Å². The molecule has 1 aliphatic rings. The Morgan fingerprint density at radius 3 is 2.86 bits per heavy atom. The third-order valence-corrected chi connectivity index (χ3v) is 4.07. The van der Waals surface area contributed by atoms with Crippen molar-refractivity contribution in [2.75, 3.05) is 11.4 Å². The van der Waals surface area contributed by atoms with Gasteiger partial charge in [-0.15, -0.1) is 0 Å². The number of nitrogens with zero attached hydrogens (tertiary/aromatic N) is 1. The number of anilines is 1. The second-order valence-corrected chi connectivity index (χ2v) is 5.53. The Morgan fingerprint density at radius 1 is 1.24 bits per heavy atom. The van der Waals surface area contributed by atoms with Crippen molar-refractivity contribution in [3.8, 4) is 0 Å². The Labute approximate surface area is 124 Å². The largest absolute Gasteiger partial charge is 0.312 e. The van der Waals surface area contributed by atoms with Gasteiger partial charge in [0.25, 0.3) is 0 Å². The van der Waals surface area contributed by atoms with E-state index in [9.17, 15) is 9.18 Å². The zero-order chi connectivity index (χ0) is 14.8. The lowest BCUT2D eigenvalue weighted by molar-refractivity contribution is -0.118. The molecule has 0 atom stereocenters. The summed E-state index contributed by atoms with van der Waals surface area (Å²) in [6.45, 7) is 2.67. The fourth-order valence-electron chi connectivity index (χ4n) is 2.87. The molecule has 2 nitrogen and oxygen atoms in total. The first-order valence-corrected chi connectivity index (χ1v) is 7.28. The van der Waals surface area contributed by atoms with Crippen LogP contribution in [0.25, 0.3) is 0 Å². The van der Waals surface area contributed by atoms with E-state index >= 15 is 0 Å². The van der Waals surface area contributed by atoms with E-state index in [2.05, 4.69) is 0 Å². The summed E-state index contributed by atoms with van der Waals surface area (Å²) < 4.78 is 13.5. The van der Waals surface area contributed by atoms with Crippen LogP contribution in [-0.4, -0.2) is 12.5 Å². The van der Waals surface area contributed by atoms with Crippen molar-refractivity contribution in [3.05, 3.63) is 65.0 Å². The van der Waals surface area contributed by atoms with Gasteiger partial charge in [-0.25, -0.2) is 4.39 Å².